The van der Waals surface area contributed by atoms with Gasteiger partial charge in [-0.15, -0.1) is 11.3 Å². The third kappa shape index (κ3) is 3.76. The number of hydrogen-bond acceptors (Lipinski definition) is 6. The van der Waals surface area contributed by atoms with Gasteiger partial charge in [0.05, 0.1) is 5.69 Å². The van der Waals surface area contributed by atoms with E-state index in [0.717, 1.165) is 60.2 Å². The van der Waals surface area contributed by atoms with E-state index in [1.807, 2.05) is 19.9 Å². The van der Waals surface area contributed by atoms with Gasteiger partial charge in [-0.2, -0.15) is 0 Å². The number of carbonyl (C=O) groups is 2. The van der Waals surface area contributed by atoms with E-state index in [2.05, 4.69) is 4.98 Å². The van der Waals surface area contributed by atoms with Crippen molar-refractivity contribution < 1.29 is 14.3 Å². The number of rotatable bonds is 3. The molecule has 3 rings (SSSR count). The minimum atomic E-state index is -0.555. The molecule has 134 valence electrons. The molecule has 6 nitrogen and oxygen atoms in total. The van der Waals surface area contributed by atoms with Crippen LogP contribution < -0.4 is 5.73 Å². The summed E-state index contributed by atoms with van der Waals surface area (Å²) in [6.45, 7) is 5.09. The minimum Gasteiger partial charge on any atom is -0.451 e. The maximum Gasteiger partial charge on any atom is 0.351 e. The number of fused-ring (bicyclic) bond motifs is 1. The average molecular weight is 361 g/mol. The molecule has 0 atom stereocenters. The normalized spacial score (nSPS) is 15.2. The Bertz CT molecular complexity index is 807. The van der Waals surface area contributed by atoms with Gasteiger partial charge < -0.3 is 15.4 Å². The molecule has 1 amide bonds. The second-order valence-corrected chi connectivity index (χ2v) is 7.48. The number of hydrogen-bond donors (Lipinski definition) is 1. The monoisotopic (exact) mass is 361 g/mol. The van der Waals surface area contributed by atoms with Crippen LogP contribution >= 0.6 is 11.3 Å². The number of nitrogens with zero attached hydrogens (tertiary/aromatic N) is 2. The topological polar surface area (TPSA) is 85.5 Å². The van der Waals surface area contributed by atoms with Gasteiger partial charge in [-0.25, -0.2) is 9.78 Å². The number of likely N-dealkylation sites (tertiary alicyclic amines) is 1. The van der Waals surface area contributed by atoms with Crippen LogP contribution in [0.3, 0.4) is 0 Å². The fourth-order valence-corrected chi connectivity index (χ4v) is 4.34. The first-order chi connectivity index (χ1) is 12.0. The Morgan fingerprint density at radius 3 is 2.60 bits per heavy atom. The lowest BCUT2D eigenvalue weighted by molar-refractivity contribution is -0.134. The summed E-state index contributed by atoms with van der Waals surface area (Å²) in [7, 11) is 0. The summed E-state index contributed by atoms with van der Waals surface area (Å²) >= 11 is 1.22. The van der Waals surface area contributed by atoms with Crippen molar-refractivity contribution in [1.29, 1.82) is 0 Å². The molecule has 1 fully saturated rings. The summed E-state index contributed by atoms with van der Waals surface area (Å²) in [5.41, 5.74) is 8.38. The highest BCUT2D eigenvalue weighted by atomic mass is 32.1. The van der Waals surface area contributed by atoms with Crippen molar-refractivity contribution in [1.82, 2.24) is 9.88 Å². The second kappa shape index (κ2) is 7.39. The maximum absolute atomic E-state index is 12.4. The number of amides is 1. The van der Waals surface area contributed by atoms with Crippen molar-refractivity contribution in [2.24, 2.45) is 0 Å². The van der Waals surface area contributed by atoms with E-state index in [4.69, 9.17) is 10.5 Å². The Morgan fingerprint density at radius 2 is 1.92 bits per heavy atom. The van der Waals surface area contributed by atoms with E-state index in [9.17, 15) is 9.59 Å². The molecule has 0 aliphatic carbocycles. The first kappa shape index (κ1) is 17.7. The Hall–Kier alpha value is -2.15. The number of anilines is 1. The van der Waals surface area contributed by atoms with Crippen molar-refractivity contribution in [2.45, 2.75) is 39.5 Å². The van der Waals surface area contributed by atoms with Gasteiger partial charge in [0.2, 0.25) is 0 Å². The van der Waals surface area contributed by atoms with Crippen molar-refractivity contribution in [3.8, 4) is 0 Å². The van der Waals surface area contributed by atoms with Crippen LogP contribution in [-0.4, -0.2) is 41.5 Å². The molecule has 1 aliphatic rings. The van der Waals surface area contributed by atoms with Crippen molar-refractivity contribution >= 4 is 39.1 Å². The number of aromatic nitrogens is 1. The molecule has 0 radical (unpaired) electrons. The lowest BCUT2D eigenvalue weighted by Gasteiger charge is -2.19. The van der Waals surface area contributed by atoms with Gasteiger partial charge in [0.15, 0.2) is 6.61 Å². The quantitative estimate of drug-likeness (QED) is 0.849. The molecule has 0 unspecified atom stereocenters. The molecule has 7 heteroatoms. The summed E-state index contributed by atoms with van der Waals surface area (Å²) in [6, 6.07) is 1.93. The summed E-state index contributed by atoms with van der Waals surface area (Å²) < 4.78 is 5.24. The lowest BCUT2D eigenvalue weighted by Crippen LogP contribution is -2.35. The molecule has 2 aromatic heterocycles. The third-order valence-corrected chi connectivity index (χ3v) is 5.57. The van der Waals surface area contributed by atoms with Gasteiger partial charge >= 0.3 is 5.97 Å². The molecule has 25 heavy (non-hydrogen) atoms. The van der Waals surface area contributed by atoms with Gasteiger partial charge in [-0.3, -0.25) is 4.79 Å². The molecule has 2 aromatic rings. The third-order valence-electron chi connectivity index (χ3n) is 4.50. The number of esters is 1. The molecule has 0 spiro atoms. The highest BCUT2D eigenvalue weighted by Gasteiger charge is 2.22. The van der Waals surface area contributed by atoms with Gasteiger partial charge in [0.25, 0.3) is 5.91 Å². The van der Waals surface area contributed by atoms with Crippen LogP contribution in [0.25, 0.3) is 10.2 Å². The van der Waals surface area contributed by atoms with Crippen LogP contribution in [0.1, 0.15) is 46.6 Å². The predicted octanol–water partition coefficient (Wildman–Crippen LogP) is 3.05. The van der Waals surface area contributed by atoms with Crippen LogP contribution in [0, 0.1) is 13.8 Å². The summed E-state index contributed by atoms with van der Waals surface area (Å²) in [5, 5.41) is 0.793. The molecule has 0 aromatic carbocycles. The summed E-state index contributed by atoms with van der Waals surface area (Å²) in [4.78, 5) is 31.9. The summed E-state index contributed by atoms with van der Waals surface area (Å²) in [6.07, 6.45) is 4.31. The molecule has 2 N–H and O–H groups in total. The van der Waals surface area contributed by atoms with Crippen LogP contribution in [0.15, 0.2) is 6.07 Å². The predicted molar refractivity (Wildman–Crippen MR) is 98.8 cm³/mol. The molecule has 0 bridgehead atoms. The zero-order chi connectivity index (χ0) is 18.0. The number of aryl methyl sites for hydroxylation is 2. The molecular formula is C18H23N3O3S. The molecule has 1 aliphatic heterocycles. The van der Waals surface area contributed by atoms with Crippen molar-refractivity contribution in [3.63, 3.8) is 0 Å². The Morgan fingerprint density at radius 1 is 1.24 bits per heavy atom. The zero-order valence-electron chi connectivity index (χ0n) is 14.6. The van der Waals surface area contributed by atoms with Gasteiger partial charge in [0.1, 0.15) is 9.71 Å². The van der Waals surface area contributed by atoms with Crippen LogP contribution in [-0.2, 0) is 9.53 Å². The first-order valence-corrected chi connectivity index (χ1v) is 9.40. The number of nitrogens with two attached hydrogens (primary N) is 1. The zero-order valence-corrected chi connectivity index (χ0v) is 15.4. The Balaban J connectivity index is 1.71. The second-order valence-electron chi connectivity index (χ2n) is 6.48. The number of carbonyl (C=O) groups excluding carboxylic acids is 2. The molecule has 0 saturated carbocycles. The molecule has 1 saturated heterocycles. The first-order valence-electron chi connectivity index (χ1n) is 8.58. The van der Waals surface area contributed by atoms with E-state index in [1.54, 1.807) is 4.90 Å². The number of pyridine rings is 1. The van der Waals surface area contributed by atoms with Crippen molar-refractivity contribution in [2.75, 3.05) is 25.4 Å². The van der Waals surface area contributed by atoms with E-state index in [-0.39, 0.29) is 12.5 Å². The van der Waals surface area contributed by atoms with Crippen LogP contribution in [0.4, 0.5) is 5.69 Å². The highest BCUT2D eigenvalue weighted by molar-refractivity contribution is 7.21. The fourth-order valence-electron chi connectivity index (χ4n) is 3.23. The van der Waals surface area contributed by atoms with E-state index < -0.39 is 5.97 Å². The lowest BCUT2D eigenvalue weighted by atomic mass is 10.1. The average Bonchev–Trinajstić information content (AvgIpc) is 2.76. The van der Waals surface area contributed by atoms with E-state index >= 15 is 0 Å². The number of nitrogen functional groups attached to an aromatic ring is 1. The summed E-state index contributed by atoms with van der Waals surface area (Å²) in [5.74, 6) is -0.694. The maximum atomic E-state index is 12.4. The highest BCUT2D eigenvalue weighted by Crippen LogP contribution is 2.35. The SMILES string of the molecule is Cc1cc(C)c2c(N)c(C(=O)OCC(=O)N3CCCCCC3)sc2n1. The minimum absolute atomic E-state index is 0.139. The van der Waals surface area contributed by atoms with E-state index in [1.165, 1.54) is 11.3 Å². The molecular weight excluding hydrogens is 338 g/mol. The smallest absolute Gasteiger partial charge is 0.351 e. The fraction of sp³-hybridized carbons (Fsp3) is 0.500. The molecule has 3 heterocycles. The number of ether oxygens (including phenoxy) is 1. The Kier molecular flexibility index (Phi) is 5.22. The number of thiophene rings is 1. The van der Waals surface area contributed by atoms with Crippen molar-refractivity contribution in [3.05, 3.63) is 22.2 Å². The largest absolute Gasteiger partial charge is 0.451 e. The van der Waals surface area contributed by atoms with E-state index in [0.29, 0.717) is 10.6 Å². The Labute approximate surface area is 151 Å². The standard InChI is InChI=1S/C18H23N3O3S/c1-11-9-12(2)20-17-14(11)15(19)16(25-17)18(23)24-10-13(22)21-7-5-3-4-6-8-21/h9H,3-8,10,19H2,1-2H3. The van der Waals surface area contributed by atoms with Gasteiger partial charge in [-0.05, 0) is 38.3 Å². The van der Waals surface area contributed by atoms with Gasteiger partial charge in [0, 0.05) is 24.2 Å². The van der Waals surface area contributed by atoms with Crippen LogP contribution in [0.5, 0.6) is 0 Å². The van der Waals surface area contributed by atoms with Crippen LogP contribution in [0.2, 0.25) is 0 Å². The van der Waals surface area contributed by atoms with Gasteiger partial charge in [-0.1, -0.05) is 12.8 Å².